The largest absolute Gasteiger partial charge is 0.468 e. The first-order valence-electron chi connectivity index (χ1n) is 6.77. The van der Waals surface area contributed by atoms with Gasteiger partial charge in [0.2, 0.25) is 5.91 Å². The van der Waals surface area contributed by atoms with E-state index in [2.05, 4.69) is 10.1 Å². The number of rotatable bonds is 7. The lowest BCUT2D eigenvalue weighted by atomic mass is 9.95. The Kier molecular flexibility index (Phi) is 6.53. The third kappa shape index (κ3) is 6.38. The number of hydrogen-bond donors (Lipinski definition) is 3. The molecule has 1 saturated heterocycles. The molecule has 1 heterocycles. The lowest BCUT2D eigenvalue weighted by Gasteiger charge is -2.35. The smallest absolute Gasteiger partial charge is 0.323 e. The molecule has 8 nitrogen and oxygen atoms in total. The van der Waals surface area contributed by atoms with E-state index in [0.717, 1.165) is 0 Å². The fourth-order valence-electron chi connectivity index (χ4n) is 1.90. The van der Waals surface area contributed by atoms with Crippen LogP contribution in [-0.2, 0) is 23.8 Å². The third-order valence-corrected chi connectivity index (χ3v) is 3.02. The molecule has 0 saturated carbocycles. The number of aliphatic hydroxyl groups excluding tert-OH is 1. The Bertz CT molecular complexity index is 364. The van der Waals surface area contributed by atoms with Crippen LogP contribution in [0.4, 0.5) is 0 Å². The monoisotopic (exact) mass is 304 g/mol. The van der Waals surface area contributed by atoms with Crippen LogP contribution >= 0.6 is 0 Å². The Morgan fingerprint density at radius 3 is 2.48 bits per heavy atom. The number of hydrogen-bond acceptors (Lipinski definition) is 7. The van der Waals surface area contributed by atoms with Crippen LogP contribution in [0.2, 0.25) is 0 Å². The molecule has 4 N–H and O–H groups in total. The maximum Gasteiger partial charge on any atom is 0.323 e. The molecule has 1 aliphatic heterocycles. The van der Waals surface area contributed by atoms with Gasteiger partial charge in [-0.25, -0.2) is 0 Å². The molecule has 1 unspecified atom stereocenters. The van der Waals surface area contributed by atoms with Crippen molar-refractivity contribution in [1.82, 2.24) is 5.32 Å². The Labute approximate surface area is 123 Å². The SMILES string of the molecule is COC(=O)[C@H](CC(N)=O)NC(O)CC1OCC(C)(C)CO1. The number of carbonyl (C=O) groups is 2. The van der Waals surface area contributed by atoms with Crippen molar-refractivity contribution in [2.75, 3.05) is 20.3 Å². The van der Waals surface area contributed by atoms with Crippen molar-refractivity contribution >= 4 is 11.9 Å². The van der Waals surface area contributed by atoms with E-state index in [0.29, 0.717) is 13.2 Å². The molecule has 122 valence electrons. The maximum absolute atomic E-state index is 11.5. The fraction of sp³-hybridized carbons (Fsp3) is 0.846. The molecular formula is C13H24N2O6. The van der Waals surface area contributed by atoms with Gasteiger partial charge in [-0.05, 0) is 0 Å². The van der Waals surface area contributed by atoms with Gasteiger partial charge >= 0.3 is 5.97 Å². The summed E-state index contributed by atoms with van der Waals surface area (Å²) >= 11 is 0. The molecule has 0 spiro atoms. The molecule has 8 heteroatoms. The van der Waals surface area contributed by atoms with Crippen molar-refractivity contribution in [3.8, 4) is 0 Å². The highest BCUT2D eigenvalue weighted by atomic mass is 16.7. The second-order valence-corrected chi connectivity index (χ2v) is 5.88. The van der Waals surface area contributed by atoms with Gasteiger partial charge in [0.05, 0.1) is 26.7 Å². The van der Waals surface area contributed by atoms with Crippen LogP contribution in [0.3, 0.4) is 0 Å². The minimum Gasteiger partial charge on any atom is -0.468 e. The number of aliphatic hydroxyl groups is 1. The predicted molar refractivity (Wildman–Crippen MR) is 72.8 cm³/mol. The van der Waals surface area contributed by atoms with Gasteiger partial charge < -0.3 is 25.1 Å². The molecule has 21 heavy (non-hydrogen) atoms. The molecule has 1 fully saturated rings. The number of primary amides is 1. The zero-order valence-corrected chi connectivity index (χ0v) is 12.6. The molecule has 0 aromatic carbocycles. The summed E-state index contributed by atoms with van der Waals surface area (Å²) in [4.78, 5) is 22.4. The summed E-state index contributed by atoms with van der Waals surface area (Å²) in [6.07, 6.45) is -1.78. The molecule has 0 radical (unpaired) electrons. The first kappa shape index (κ1) is 17.8. The molecule has 2 atom stereocenters. The van der Waals surface area contributed by atoms with Gasteiger partial charge in [-0.2, -0.15) is 0 Å². The number of methoxy groups -OCH3 is 1. The van der Waals surface area contributed by atoms with Crippen LogP contribution in [0, 0.1) is 5.41 Å². The van der Waals surface area contributed by atoms with E-state index in [1.54, 1.807) is 0 Å². The van der Waals surface area contributed by atoms with Crippen molar-refractivity contribution in [2.24, 2.45) is 11.1 Å². The van der Waals surface area contributed by atoms with E-state index >= 15 is 0 Å². The Morgan fingerprint density at radius 1 is 1.43 bits per heavy atom. The quantitative estimate of drug-likeness (QED) is 0.412. The van der Waals surface area contributed by atoms with E-state index < -0.39 is 30.4 Å². The molecule has 1 amide bonds. The van der Waals surface area contributed by atoms with Crippen LogP contribution in [-0.4, -0.2) is 55.9 Å². The van der Waals surface area contributed by atoms with E-state index in [9.17, 15) is 14.7 Å². The second-order valence-electron chi connectivity index (χ2n) is 5.88. The number of carbonyl (C=O) groups excluding carboxylic acids is 2. The zero-order chi connectivity index (χ0) is 16.0. The predicted octanol–water partition coefficient (Wildman–Crippen LogP) is -0.899. The van der Waals surface area contributed by atoms with Crippen LogP contribution in [0.25, 0.3) is 0 Å². The van der Waals surface area contributed by atoms with Gasteiger partial charge in [0.25, 0.3) is 0 Å². The van der Waals surface area contributed by atoms with Crippen molar-refractivity contribution < 1.29 is 28.9 Å². The first-order valence-corrected chi connectivity index (χ1v) is 6.77. The fourth-order valence-corrected chi connectivity index (χ4v) is 1.90. The number of nitrogens with two attached hydrogens (primary N) is 1. The zero-order valence-electron chi connectivity index (χ0n) is 12.6. The Morgan fingerprint density at radius 2 is 2.00 bits per heavy atom. The third-order valence-electron chi connectivity index (χ3n) is 3.02. The molecule has 0 aromatic rings. The van der Waals surface area contributed by atoms with Gasteiger partial charge in [-0.3, -0.25) is 14.9 Å². The molecule has 1 rings (SSSR count). The Balaban J connectivity index is 2.45. The minimum absolute atomic E-state index is 0.0601. The van der Waals surface area contributed by atoms with Crippen LogP contribution < -0.4 is 11.1 Å². The van der Waals surface area contributed by atoms with Gasteiger partial charge in [0, 0.05) is 11.8 Å². The summed E-state index contributed by atoms with van der Waals surface area (Å²) in [6, 6.07) is -0.998. The maximum atomic E-state index is 11.5. The van der Waals surface area contributed by atoms with E-state index in [1.165, 1.54) is 7.11 Å². The molecule has 0 bridgehead atoms. The Hall–Kier alpha value is -1.22. The van der Waals surface area contributed by atoms with Gasteiger partial charge in [0.15, 0.2) is 6.29 Å². The topological polar surface area (TPSA) is 120 Å². The standard InChI is InChI=1S/C13H24N2O6/c1-13(2)6-20-11(21-7-13)5-10(17)15-8(4-9(14)16)12(18)19-3/h8,10-11,15,17H,4-7H2,1-3H3,(H2,14,16)/t8-,10?/m0/s1. The van der Waals surface area contributed by atoms with Crippen molar-refractivity contribution in [1.29, 1.82) is 0 Å². The average Bonchev–Trinajstić information content (AvgIpc) is 2.39. The molecule has 0 aromatic heterocycles. The van der Waals surface area contributed by atoms with E-state index in [1.807, 2.05) is 13.8 Å². The van der Waals surface area contributed by atoms with Gasteiger partial charge in [0.1, 0.15) is 12.3 Å². The minimum atomic E-state index is -1.08. The summed E-state index contributed by atoms with van der Waals surface area (Å²) < 4.78 is 15.5. The molecule has 1 aliphatic rings. The van der Waals surface area contributed by atoms with Crippen LogP contribution in [0.1, 0.15) is 26.7 Å². The highest BCUT2D eigenvalue weighted by molar-refractivity contribution is 5.84. The van der Waals surface area contributed by atoms with Crippen molar-refractivity contribution in [2.45, 2.75) is 45.2 Å². The van der Waals surface area contributed by atoms with Gasteiger partial charge in [-0.1, -0.05) is 13.8 Å². The molecule has 0 aliphatic carbocycles. The normalized spacial score (nSPS) is 21.5. The second kappa shape index (κ2) is 7.69. The lowest BCUT2D eigenvalue weighted by molar-refractivity contribution is -0.232. The van der Waals surface area contributed by atoms with Gasteiger partial charge in [-0.15, -0.1) is 0 Å². The van der Waals surface area contributed by atoms with E-state index in [4.69, 9.17) is 15.2 Å². The average molecular weight is 304 g/mol. The van der Waals surface area contributed by atoms with Crippen LogP contribution in [0.5, 0.6) is 0 Å². The highest BCUT2D eigenvalue weighted by Crippen LogP contribution is 2.24. The highest BCUT2D eigenvalue weighted by Gasteiger charge is 2.31. The summed E-state index contributed by atoms with van der Waals surface area (Å²) in [5.41, 5.74) is 5.00. The summed E-state index contributed by atoms with van der Waals surface area (Å²) in [5, 5.41) is 12.5. The lowest BCUT2D eigenvalue weighted by Crippen LogP contribution is -2.48. The first-order chi connectivity index (χ1) is 9.73. The van der Waals surface area contributed by atoms with E-state index in [-0.39, 0.29) is 18.3 Å². The number of ether oxygens (including phenoxy) is 3. The summed E-state index contributed by atoms with van der Waals surface area (Å²) in [7, 11) is 1.19. The number of amides is 1. The number of nitrogens with one attached hydrogen (secondary N) is 1. The van der Waals surface area contributed by atoms with Crippen molar-refractivity contribution in [3.05, 3.63) is 0 Å². The van der Waals surface area contributed by atoms with Crippen LogP contribution in [0.15, 0.2) is 0 Å². The molecular weight excluding hydrogens is 280 g/mol. The summed E-state index contributed by atoms with van der Waals surface area (Å²) in [6.45, 7) is 5.06. The number of esters is 1. The summed E-state index contributed by atoms with van der Waals surface area (Å²) in [5.74, 6) is -1.34. The van der Waals surface area contributed by atoms with Crippen molar-refractivity contribution in [3.63, 3.8) is 0 Å².